The lowest BCUT2D eigenvalue weighted by Gasteiger charge is -2.27. The van der Waals surface area contributed by atoms with Crippen LogP contribution in [0.15, 0.2) is 60.7 Å². The fraction of sp³-hybridized carbons (Fsp3) is 0.385. The standard InChI is InChI=1S/C26H31N3O3/c1-19(2)25(30)28(17-23-15-10-16-31-23)18-24-20(3)27-29(21-11-6-4-7-12-21)26(24)32-22-13-8-5-9-14-22/h4-9,11-14,19,23H,10,15-18H2,1-3H3. The van der Waals surface area contributed by atoms with Crippen LogP contribution in [0.25, 0.3) is 5.69 Å². The van der Waals surface area contributed by atoms with E-state index in [4.69, 9.17) is 14.6 Å². The molecule has 0 bridgehead atoms. The van der Waals surface area contributed by atoms with E-state index in [1.165, 1.54) is 0 Å². The molecule has 6 nitrogen and oxygen atoms in total. The second-order valence-corrected chi connectivity index (χ2v) is 8.54. The van der Waals surface area contributed by atoms with Gasteiger partial charge in [0.15, 0.2) is 0 Å². The Hall–Kier alpha value is -3.12. The molecule has 168 valence electrons. The van der Waals surface area contributed by atoms with Crippen molar-refractivity contribution in [3.05, 3.63) is 71.9 Å². The zero-order chi connectivity index (χ0) is 22.5. The van der Waals surface area contributed by atoms with Gasteiger partial charge in [0.1, 0.15) is 5.75 Å². The van der Waals surface area contributed by atoms with E-state index in [0.29, 0.717) is 19.0 Å². The number of aromatic nitrogens is 2. The van der Waals surface area contributed by atoms with E-state index in [1.54, 1.807) is 0 Å². The molecule has 32 heavy (non-hydrogen) atoms. The summed E-state index contributed by atoms with van der Waals surface area (Å²) >= 11 is 0. The summed E-state index contributed by atoms with van der Waals surface area (Å²) in [4.78, 5) is 15.0. The minimum Gasteiger partial charge on any atom is -0.439 e. The minimum absolute atomic E-state index is 0.0840. The molecule has 1 atom stereocenters. The Kier molecular flexibility index (Phi) is 6.90. The number of aryl methyl sites for hydroxylation is 1. The van der Waals surface area contributed by atoms with Gasteiger partial charge in [-0.25, -0.2) is 4.68 Å². The number of para-hydroxylation sites is 2. The van der Waals surface area contributed by atoms with Crippen LogP contribution in [0.4, 0.5) is 0 Å². The first-order valence-electron chi connectivity index (χ1n) is 11.3. The smallest absolute Gasteiger partial charge is 0.227 e. The molecule has 0 radical (unpaired) electrons. The summed E-state index contributed by atoms with van der Waals surface area (Å²) in [7, 11) is 0. The third-order valence-electron chi connectivity index (χ3n) is 5.70. The quantitative estimate of drug-likeness (QED) is 0.494. The number of benzene rings is 2. The molecule has 2 heterocycles. The first-order valence-corrected chi connectivity index (χ1v) is 11.3. The van der Waals surface area contributed by atoms with E-state index in [0.717, 1.165) is 42.1 Å². The van der Waals surface area contributed by atoms with Gasteiger partial charge >= 0.3 is 0 Å². The highest BCUT2D eigenvalue weighted by Crippen LogP contribution is 2.32. The lowest BCUT2D eigenvalue weighted by atomic mass is 10.1. The van der Waals surface area contributed by atoms with Crippen molar-refractivity contribution in [3.63, 3.8) is 0 Å². The highest BCUT2D eigenvalue weighted by Gasteiger charge is 2.28. The summed E-state index contributed by atoms with van der Waals surface area (Å²) in [6.07, 6.45) is 2.11. The normalized spacial score (nSPS) is 15.8. The van der Waals surface area contributed by atoms with Crippen LogP contribution >= 0.6 is 0 Å². The fourth-order valence-corrected chi connectivity index (χ4v) is 3.99. The van der Waals surface area contributed by atoms with Gasteiger partial charge in [-0.3, -0.25) is 4.79 Å². The average molecular weight is 434 g/mol. The van der Waals surface area contributed by atoms with Crippen molar-refractivity contribution in [1.82, 2.24) is 14.7 Å². The average Bonchev–Trinajstić information content (AvgIpc) is 3.43. The van der Waals surface area contributed by atoms with Gasteiger partial charge in [-0.15, -0.1) is 0 Å². The van der Waals surface area contributed by atoms with Gasteiger partial charge in [0.05, 0.1) is 29.6 Å². The minimum atomic E-state index is -0.0978. The maximum absolute atomic E-state index is 13.1. The number of amides is 1. The molecule has 1 aliphatic rings. The molecule has 1 saturated heterocycles. The Bertz CT molecular complexity index is 1030. The SMILES string of the molecule is Cc1nn(-c2ccccc2)c(Oc2ccccc2)c1CN(CC1CCCO1)C(=O)C(C)C. The van der Waals surface area contributed by atoms with Gasteiger partial charge in [0.2, 0.25) is 11.8 Å². The van der Waals surface area contributed by atoms with Crippen LogP contribution in [0.3, 0.4) is 0 Å². The number of hydrogen-bond acceptors (Lipinski definition) is 4. The van der Waals surface area contributed by atoms with Crippen molar-refractivity contribution in [1.29, 1.82) is 0 Å². The largest absolute Gasteiger partial charge is 0.439 e. The van der Waals surface area contributed by atoms with Crippen LogP contribution in [0.1, 0.15) is 37.9 Å². The van der Waals surface area contributed by atoms with Gasteiger partial charge in [-0.1, -0.05) is 50.2 Å². The van der Waals surface area contributed by atoms with E-state index in [-0.39, 0.29) is 17.9 Å². The molecule has 6 heteroatoms. The van der Waals surface area contributed by atoms with Gasteiger partial charge in [-0.2, -0.15) is 5.10 Å². The van der Waals surface area contributed by atoms with E-state index in [9.17, 15) is 4.79 Å². The molecule has 2 aromatic carbocycles. The number of rotatable bonds is 8. The Morgan fingerprint density at radius 3 is 2.47 bits per heavy atom. The Labute approximate surface area is 189 Å². The lowest BCUT2D eigenvalue weighted by Crippen LogP contribution is -2.39. The number of hydrogen-bond donors (Lipinski definition) is 0. The fourth-order valence-electron chi connectivity index (χ4n) is 3.99. The second kappa shape index (κ2) is 10.0. The second-order valence-electron chi connectivity index (χ2n) is 8.54. The summed E-state index contributed by atoms with van der Waals surface area (Å²) in [5, 5.41) is 4.79. The van der Waals surface area contributed by atoms with Crippen LogP contribution in [-0.4, -0.2) is 39.8 Å². The van der Waals surface area contributed by atoms with Crippen molar-refractivity contribution in [3.8, 4) is 17.3 Å². The van der Waals surface area contributed by atoms with E-state index in [1.807, 2.05) is 91.0 Å². The summed E-state index contributed by atoms with van der Waals surface area (Å²) in [6, 6.07) is 19.6. The summed E-state index contributed by atoms with van der Waals surface area (Å²) in [5.74, 6) is 1.37. The van der Waals surface area contributed by atoms with Crippen LogP contribution in [0.5, 0.6) is 11.6 Å². The highest BCUT2D eigenvalue weighted by atomic mass is 16.5. The Balaban J connectivity index is 1.72. The predicted molar refractivity (Wildman–Crippen MR) is 124 cm³/mol. The number of nitrogens with zero attached hydrogens (tertiary/aromatic N) is 3. The van der Waals surface area contributed by atoms with Gasteiger partial charge in [-0.05, 0) is 44.0 Å². The molecule has 4 rings (SSSR count). The molecular weight excluding hydrogens is 402 g/mol. The summed E-state index contributed by atoms with van der Waals surface area (Å²) in [5.41, 5.74) is 2.66. The third kappa shape index (κ3) is 5.02. The summed E-state index contributed by atoms with van der Waals surface area (Å²) < 4.78 is 14.0. The van der Waals surface area contributed by atoms with Crippen LogP contribution in [0.2, 0.25) is 0 Å². The molecule has 0 aliphatic carbocycles. The zero-order valence-corrected chi connectivity index (χ0v) is 19.0. The molecule has 1 aromatic heterocycles. The summed E-state index contributed by atoms with van der Waals surface area (Å²) in [6.45, 7) is 7.62. The molecule has 0 spiro atoms. The topological polar surface area (TPSA) is 56.6 Å². The van der Waals surface area contributed by atoms with Crippen molar-refractivity contribution in [2.24, 2.45) is 5.92 Å². The molecule has 0 N–H and O–H groups in total. The van der Waals surface area contributed by atoms with Gasteiger partial charge in [0, 0.05) is 19.1 Å². The number of carbonyl (C=O) groups is 1. The van der Waals surface area contributed by atoms with Gasteiger partial charge in [0.25, 0.3) is 0 Å². The van der Waals surface area contributed by atoms with Crippen molar-refractivity contribution >= 4 is 5.91 Å². The van der Waals surface area contributed by atoms with E-state index in [2.05, 4.69) is 0 Å². The van der Waals surface area contributed by atoms with Crippen molar-refractivity contribution in [2.45, 2.75) is 46.3 Å². The molecule has 0 saturated carbocycles. The molecule has 3 aromatic rings. The van der Waals surface area contributed by atoms with Crippen LogP contribution < -0.4 is 4.74 Å². The molecule has 1 aliphatic heterocycles. The third-order valence-corrected chi connectivity index (χ3v) is 5.70. The first-order chi connectivity index (χ1) is 15.5. The van der Waals surface area contributed by atoms with E-state index < -0.39 is 0 Å². The van der Waals surface area contributed by atoms with Crippen LogP contribution in [0, 0.1) is 12.8 Å². The Morgan fingerprint density at radius 2 is 1.84 bits per heavy atom. The van der Waals surface area contributed by atoms with E-state index >= 15 is 0 Å². The highest BCUT2D eigenvalue weighted by molar-refractivity contribution is 5.78. The number of carbonyl (C=O) groups excluding carboxylic acids is 1. The maximum atomic E-state index is 13.1. The monoisotopic (exact) mass is 433 g/mol. The number of ether oxygens (including phenoxy) is 2. The molecule has 1 fully saturated rings. The molecule has 1 amide bonds. The van der Waals surface area contributed by atoms with Crippen LogP contribution in [-0.2, 0) is 16.1 Å². The van der Waals surface area contributed by atoms with Crippen molar-refractivity contribution in [2.75, 3.05) is 13.2 Å². The maximum Gasteiger partial charge on any atom is 0.227 e. The lowest BCUT2D eigenvalue weighted by molar-refractivity contribution is -0.136. The predicted octanol–water partition coefficient (Wildman–Crippen LogP) is 5.14. The molecular formula is C26H31N3O3. The molecule has 1 unspecified atom stereocenters. The Morgan fingerprint density at radius 1 is 1.16 bits per heavy atom. The zero-order valence-electron chi connectivity index (χ0n) is 19.0. The van der Waals surface area contributed by atoms with Crippen molar-refractivity contribution < 1.29 is 14.3 Å². The first kappa shape index (κ1) is 22.1. The van der Waals surface area contributed by atoms with Gasteiger partial charge < -0.3 is 14.4 Å².